The van der Waals surface area contributed by atoms with Gasteiger partial charge in [-0.3, -0.25) is 9.59 Å². The van der Waals surface area contributed by atoms with Gasteiger partial charge in [-0.1, -0.05) is 13.8 Å². The van der Waals surface area contributed by atoms with Crippen molar-refractivity contribution in [1.29, 1.82) is 0 Å². The molecule has 0 unspecified atom stereocenters. The van der Waals surface area contributed by atoms with Crippen LogP contribution in [0.2, 0.25) is 0 Å². The number of hydrogen-bond acceptors (Lipinski definition) is 3. The quantitative estimate of drug-likeness (QED) is 0.743. The van der Waals surface area contributed by atoms with Crippen LogP contribution in [0.1, 0.15) is 33.6 Å². The fraction of sp³-hybridized carbons (Fsp3) is 0.833. The summed E-state index contributed by atoms with van der Waals surface area (Å²) in [6.45, 7) is 6.49. The molecule has 0 aliphatic heterocycles. The average molecular weight is 278 g/mol. The lowest BCUT2D eigenvalue weighted by molar-refractivity contribution is -0.133. The van der Waals surface area contributed by atoms with E-state index in [-0.39, 0.29) is 36.7 Å². The van der Waals surface area contributed by atoms with Gasteiger partial charge in [0.2, 0.25) is 11.8 Å². The van der Waals surface area contributed by atoms with Crippen LogP contribution in [-0.2, 0) is 9.59 Å². The van der Waals surface area contributed by atoms with Crippen LogP contribution in [0.3, 0.4) is 0 Å². The van der Waals surface area contributed by atoms with Crippen LogP contribution in [0.25, 0.3) is 0 Å². The largest absolute Gasteiger partial charge is 0.346 e. The van der Waals surface area contributed by atoms with Gasteiger partial charge in [0.25, 0.3) is 0 Å². The van der Waals surface area contributed by atoms with Crippen LogP contribution >= 0.6 is 12.4 Å². The van der Waals surface area contributed by atoms with E-state index in [2.05, 4.69) is 5.32 Å². The van der Waals surface area contributed by atoms with Crippen LogP contribution in [0, 0.1) is 5.92 Å². The third kappa shape index (κ3) is 4.82. The maximum atomic E-state index is 11.8. The molecule has 1 saturated carbocycles. The molecule has 0 heterocycles. The number of nitrogens with zero attached hydrogens (tertiary/aromatic N) is 1. The smallest absolute Gasteiger partial charge is 0.242 e. The van der Waals surface area contributed by atoms with Gasteiger partial charge in [-0.15, -0.1) is 12.4 Å². The zero-order valence-corrected chi connectivity index (χ0v) is 12.1. The molecule has 1 aliphatic rings. The minimum absolute atomic E-state index is 0. The van der Waals surface area contributed by atoms with Crippen LogP contribution in [0.4, 0.5) is 0 Å². The Morgan fingerprint density at radius 2 is 1.94 bits per heavy atom. The molecular weight excluding hydrogens is 254 g/mol. The summed E-state index contributed by atoms with van der Waals surface area (Å²) in [6.07, 6.45) is 2.16. The zero-order chi connectivity index (χ0) is 13.0. The predicted molar refractivity (Wildman–Crippen MR) is 73.5 cm³/mol. The number of nitrogens with one attached hydrogen (secondary N) is 1. The number of likely N-dealkylation sites (N-methyl/N-ethyl adjacent to an activating group) is 1. The number of amides is 2. The van der Waals surface area contributed by atoms with E-state index in [0.29, 0.717) is 12.6 Å². The molecule has 0 aromatic rings. The standard InChI is InChI=1S/C12H23N3O2.ClH/c1-4-15(9-5-6-9)10(16)7-14-12(17)11(13)8(2)3;/h8-9,11H,4-7,13H2,1-3H3,(H,14,17);1H/t11-;/m0./s1. The Labute approximate surface area is 115 Å². The second-order valence-electron chi connectivity index (χ2n) is 4.90. The van der Waals surface area contributed by atoms with Crippen molar-refractivity contribution < 1.29 is 9.59 Å². The summed E-state index contributed by atoms with van der Waals surface area (Å²) in [4.78, 5) is 25.2. The van der Waals surface area contributed by atoms with Crippen molar-refractivity contribution >= 4 is 24.2 Å². The van der Waals surface area contributed by atoms with Gasteiger partial charge in [-0.05, 0) is 25.7 Å². The molecule has 1 fully saturated rings. The fourth-order valence-corrected chi connectivity index (χ4v) is 1.71. The molecule has 106 valence electrons. The van der Waals surface area contributed by atoms with E-state index in [1.807, 2.05) is 25.7 Å². The second-order valence-corrected chi connectivity index (χ2v) is 4.90. The first-order chi connectivity index (χ1) is 7.97. The predicted octanol–water partition coefficient (Wildman–Crippen LogP) is 0.519. The minimum atomic E-state index is -0.543. The van der Waals surface area contributed by atoms with E-state index >= 15 is 0 Å². The highest BCUT2D eigenvalue weighted by Crippen LogP contribution is 2.26. The Kier molecular flexibility index (Phi) is 7.25. The lowest BCUT2D eigenvalue weighted by Crippen LogP contribution is -2.48. The molecular formula is C12H24ClN3O2. The summed E-state index contributed by atoms with van der Waals surface area (Å²) in [5, 5.41) is 2.61. The molecule has 5 nitrogen and oxygen atoms in total. The van der Waals surface area contributed by atoms with E-state index in [1.165, 1.54) is 0 Å². The Balaban J connectivity index is 0.00000289. The Hall–Kier alpha value is -0.810. The topological polar surface area (TPSA) is 75.4 Å². The molecule has 1 rings (SSSR count). The van der Waals surface area contributed by atoms with Crippen LogP contribution in [0.5, 0.6) is 0 Å². The molecule has 1 aliphatic carbocycles. The summed E-state index contributed by atoms with van der Waals surface area (Å²) in [5.74, 6) is -0.185. The van der Waals surface area contributed by atoms with Crippen molar-refractivity contribution in [3.8, 4) is 0 Å². The molecule has 0 aromatic heterocycles. The number of hydrogen-bond donors (Lipinski definition) is 2. The Morgan fingerprint density at radius 3 is 2.33 bits per heavy atom. The van der Waals surface area contributed by atoms with Gasteiger partial charge in [0, 0.05) is 12.6 Å². The lowest BCUT2D eigenvalue weighted by atomic mass is 10.1. The molecule has 6 heteroatoms. The highest BCUT2D eigenvalue weighted by molar-refractivity contribution is 5.87. The molecule has 0 aromatic carbocycles. The van der Waals surface area contributed by atoms with E-state index in [9.17, 15) is 9.59 Å². The fourth-order valence-electron chi connectivity index (χ4n) is 1.71. The van der Waals surface area contributed by atoms with E-state index in [4.69, 9.17) is 5.73 Å². The third-order valence-corrected chi connectivity index (χ3v) is 3.08. The third-order valence-electron chi connectivity index (χ3n) is 3.08. The first-order valence-corrected chi connectivity index (χ1v) is 6.30. The number of rotatable bonds is 6. The number of carbonyl (C=O) groups excluding carboxylic acids is 2. The summed E-state index contributed by atoms with van der Waals surface area (Å²) in [6, 6.07) is -0.151. The summed E-state index contributed by atoms with van der Waals surface area (Å²) >= 11 is 0. The van der Waals surface area contributed by atoms with Crippen LogP contribution in [-0.4, -0.2) is 41.9 Å². The van der Waals surface area contributed by atoms with Gasteiger partial charge < -0.3 is 16.0 Å². The van der Waals surface area contributed by atoms with Gasteiger partial charge in [0.1, 0.15) is 0 Å². The highest BCUT2D eigenvalue weighted by Gasteiger charge is 2.31. The van der Waals surface area contributed by atoms with E-state index in [0.717, 1.165) is 12.8 Å². The number of carbonyl (C=O) groups is 2. The summed E-state index contributed by atoms with van der Waals surface area (Å²) in [5.41, 5.74) is 5.69. The lowest BCUT2D eigenvalue weighted by Gasteiger charge is -2.21. The van der Waals surface area contributed by atoms with Crippen molar-refractivity contribution in [3.05, 3.63) is 0 Å². The molecule has 0 saturated heterocycles. The van der Waals surface area contributed by atoms with E-state index < -0.39 is 6.04 Å². The molecule has 3 N–H and O–H groups in total. The first-order valence-electron chi connectivity index (χ1n) is 6.30. The van der Waals surface area contributed by atoms with Gasteiger partial charge in [0.05, 0.1) is 12.6 Å². The minimum Gasteiger partial charge on any atom is -0.346 e. The van der Waals surface area contributed by atoms with Crippen LogP contribution < -0.4 is 11.1 Å². The Bertz CT molecular complexity index is 293. The van der Waals surface area contributed by atoms with Gasteiger partial charge >= 0.3 is 0 Å². The van der Waals surface area contributed by atoms with Crippen molar-refractivity contribution in [3.63, 3.8) is 0 Å². The number of nitrogens with two attached hydrogens (primary N) is 1. The zero-order valence-electron chi connectivity index (χ0n) is 11.3. The van der Waals surface area contributed by atoms with Crippen LogP contribution in [0.15, 0.2) is 0 Å². The average Bonchev–Trinajstić information content (AvgIpc) is 3.10. The van der Waals surface area contributed by atoms with E-state index in [1.54, 1.807) is 0 Å². The van der Waals surface area contributed by atoms with Gasteiger partial charge in [-0.2, -0.15) is 0 Å². The molecule has 0 radical (unpaired) electrons. The molecule has 18 heavy (non-hydrogen) atoms. The maximum Gasteiger partial charge on any atom is 0.242 e. The van der Waals surface area contributed by atoms with Gasteiger partial charge in [-0.25, -0.2) is 0 Å². The van der Waals surface area contributed by atoms with Crippen molar-refractivity contribution in [2.75, 3.05) is 13.1 Å². The highest BCUT2D eigenvalue weighted by atomic mass is 35.5. The summed E-state index contributed by atoms with van der Waals surface area (Å²) in [7, 11) is 0. The summed E-state index contributed by atoms with van der Waals surface area (Å²) < 4.78 is 0. The first kappa shape index (κ1) is 17.2. The Morgan fingerprint density at radius 1 is 1.39 bits per heavy atom. The molecule has 0 bridgehead atoms. The van der Waals surface area contributed by atoms with Crippen molar-refractivity contribution in [2.24, 2.45) is 11.7 Å². The van der Waals surface area contributed by atoms with Gasteiger partial charge in [0.15, 0.2) is 0 Å². The maximum absolute atomic E-state index is 11.8. The molecule has 0 spiro atoms. The second kappa shape index (κ2) is 7.59. The SMILES string of the molecule is CCN(C(=O)CNC(=O)[C@@H](N)C(C)C)C1CC1.Cl. The normalized spacial score (nSPS) is 15.8. The molecule has 2 amide bonds. The van der Waals surface area contributed by atoms with Crippen molar-refractivity contribution in [1.82, 2.24) is 10.2 Å². The van der Waals surface area contributed by atoms with Crippen molar-refractivity contribution in [2.45, 2.75) is 45.7 Å². The number of halogens is 1. The molecule has 1 atom stereocenters. The monoisotopic (exact) mass is 277 g/mol.